The molecule has 0 aromatic heterocycles. The van der Waals surface area contributed by atoms with Gasteiger partial charge in [-0.25, -0.2) is 0 Å². The molecule has 15 heavy (non-hydrogen) atoms. The van der Waals surface area contributed by atoms with Crippen LogP contribution in [-0.4, -0.2) is 37.0 Å². The molecule has 86 valence electrons. The average molecular weight is 211 g/mol. The van der Waals surface area contributed by atoms with E-state index in [2.05, 4.69) is 10.2 Å². The van der Waals surface area contributed by atoms with E-state index in [0.717, 1.165) is 19.2 Å². The topological polar surface area (TPSA) is 55.4 Å². The fourth-order valence-corrected chi connectivity index (χ4v) is 1.82. The summed E-state index contributed by atoms with van der Waals surface area (Å²) >= 11 is 0. The second kappa shape index (κ2) is 6.45. The van der Waals surface area contributed by atoms with E-state index in [0.29, 0.717) is 5.70 Å². The van der Waals surface area contributed by atoms with Crippen LogP contribution in [0.4, 0.5) is 0 Å². The summed E-state index contributed by atoms with van der Waals surface area (Å²) in [7, 11) is 0. The van der Waals surface area contributed by atoms with Crippen molar-refractivity contribution in [1.82, 2.24) is 10.2 Å². The third-order valence-corrected chi connectivity index (χ3v) is 2.61. The molecule has 4 nitrogen and oxygen atoms in total. The summed E-state index contributed by atoms with van der Waals surface area (Å²) in [6.07, 6.45) is 5.01. The molecule has 4 heteroatoms. The van der Waals surface area contributed by atoms with Gasteiger partial charge in [-0.2, -0.15) is 0 Å². The van der Waals surface area contributed by atoms with Crippen molar-refractivity contribution in [1.29, 1.82) is 0 Å². The van der Waals surface area contributed by atoms with Crippen LogP contribution in [0.5, 0.6) is 0 Å². The molecule has 0 radical (unpaired) electrons. The van der Waals surface area contributed by atoms with Gasteiger partial charge in [-0.05, 0) is 38.9 Å². The van der Waals surface area contributed by atoms with Crippen molar-refractivity contribution in [3.63, 3.8) is 0 Å². The Morgan fingerprint density at radius 3 is 2.67 bits per heavy atom. The van der Waals surface area contributed by atoms with Gasteiger partial charge in [0.05, 0.1) is 5.97 Å². The molecule has 0 aromatic rings. The highest BCUT2D eigenvalue weighted by atomic mass is 16.4. The number of nitrogens with zero attached hydrogens (tertiary/aromatic N) is 1. The first-order valence-electron chi connectivity index (χ1n) is 5.54. The molecule has 1 heterocycles. The number of carboxylic acids is 1. The standard InChI is InChI=1S/C11H20N2O2/c1-10(9-11(14)15)12-5-8-13-6-3-2-4-7-13/h9,12H,2-8H2,1H3,(H,14,15)/p-1/b10-9-. The van der Waals surface area contributed by atoms with Crippen LogP contribution < -0.4 is 10.4 Å². The fourth-order valence-electron chi connectivity index (χ4n) is 1.82. The van der Waals surface area contributed by atoms with E-state index in [-0.39, 0.29) is 0 Å². The van der Waals surface area contributed by atoms with Crippen LogP contribution in [0.25, 0.3) is 0 Å². The lowest BCUT2D eigenvalue weighted by atomic mass is 10.1. The predicted molar refractivity (Wildman–Crippen MR) is 57.1 cm³/mol. The minimum absolute atomic E-state index is 0.659. The quantitative estimate of drug-likeness (QED) is 0.635. The summed E-state index contributed by atoms with van der Waals surface area (Å²) in [5.41, 5.74) is 0.659. The van der Waals surface area contributed by atoms with Crippen molar-refractivity contribution in [2.24, 2.45) is 0 Å². The highest BCUT2D eigenvalue weighted by Gasteiger charge is 2.08. The van der Waals surface area contributed by atoms with Crippen LogP contribution >= 0.6 is 0 Å². The molecule has 1 rings (SSSR count). The molecule has 1 fully saturated rings. The molecular formula is C11H19N2O2-. The Hall–Kier alpha value is -1.03. The van der Waals surface area contributed by atoms with Gasteiger partial charge in [0, 0.05) is 18.8 Å². The van der Waals surface area contributed by atoms with Crippen LogP contribution in [0.15, 0.2) is 11.8 Å². The largest absolute Gasteiger partial charge is 0.545 e. The van der Waals surface area contributed by atoms with Gasteiger partial charge in [0.1, 0.15) is 0 Å². The molecule has 1 aliphatic rings. The summed E-state index contributed by atoms with van der Waals surface area (Å²) in [6, 6.07) is 0. The zero-order valence-corrected chi connectivity index (χ0v) is 9.29. The molecule has 1 aliphatic heterocycles. The second-order valence-corrected chi connectivity index (χ2v) is 3.98. The summed E-state index contributed by atoms with van der Waals surface area (Å²) in [5.74, 6) is -1.14. The summed E-state index contributed by atoms with van der Waals surface area (Å²) in [4.78, 5) is 12.6. The number of allylic oxidation sites excluding steroid dienone is 1. The van der Waals surface area contributed by atoms with E-state index in [4.69, 9.17) is 0 Å². The lowest BCUT2D eigenvalue weighted by Crippen LogP contribution is -2.35. The maximum absolute atomic E-state index is 10.2. The molecule has 0 amide bonds. The molecule has 0 atom stereocenters. The lowest BCUT2D eigenvalue weighted by molar-refractivity contribution is -0.297. The summed E-state index contributed by atoms with van der Waals surface area (Å²) < 4.78 is 0. The Labute approximate surface area is 91.0 Å². The molecule has 0 bridgehead atoms. The Bertz CT molecular complexity index is 233. The number of nitrogens with one attached hydrogen (secondary N) is 1. The van der Waals surface area contributed by atoms with Crippen molar-refractivity contribution < 1.29 is 9.90 Å². The third kappa shape index (κ3) is 5.42. The van der Waals surface area contributed by atoms with E-state index < -0.39 is 5.97 Å². The molecule has 0 aromatic carbocycles. The molecule has 0 saturated carbocycles. The minimum atomic E-state index is -1.14. The van der Waals surface area contributed by atoms with Crippen LogP contribution in [0, 0.1) is 0 Å². The van der Waals surface area contributed by atoms with Gasteiger partial charge >= 0.3 is 0 Å². The van der Waals surface area contributed by atoms with Gasteiger partial charge in [-0.1, -0.05) is 6.42 Å². The van der Waals surface area contributed by atoms with Crippen molar-refractivity contribution in [2.45, 2.75) is 26.2 Å². The van der Waals surface area contributed by atoms with Crippen LogP contribution in [-0.2, 0) is 4.79 Å². The molecule has 0 aliphatic carbocycles. The van der Waals surface area contributed by atoms with Gasteiger partial charge in [0.2, 0.25) is 0 Å². The Morgan fingerprint density at radius 1 is 1.40 bits per heavy atom. The molecule has 0 unspecified atom stereocenters. The van der Waals surface area contributed by atoms with Crippen LogP contribution in [0.1, 0.15) is 26.2 Å². The highest BCUT2D eigenvalue weighted by molar-refractivity contribution is 5.78. The number of carboxylic acid groups (broad SMARTS) is 1. The predicted octanol–water partition coefficient (Wildman–Crippen LogP) is -0.284. The number of hydrogen-bond donors (Lipinski definition) is 1. The number of carbonyl (C=O) groups excluding carboxylic acids is 1. The first kappa shape index (κ1) is 12.0. The van der Waals surface area contributed by atoms with Gasteiger partial charge in [0.15, 0.2) is 0 Å². The maximum atomic E-state index is 10.2. The van der Waals surface area contributed by atoms with Crippen molar-refractivity contribution >= 4 is 5.97 Å². The maximum Gasteiger partial charge on any atom is 0.0659 e. The normalized spacial score (nSPS) is 18.9. The number of rotatable bonds is 5. The van der Waals surface area contributed by atoms with Crippen molar-refractivity contribution in [2.75, 3.05) is 26.2 Å². The fraction of sp³-hybridized carbons (Fsp3) is 0.727. The second-order valence-electron chi connectivity index (χ2n) is 3.98. The zero-order chi connectivity index (χ0) is 11.1. The van der Waals surface area contributed by atoms with E-state index in [9.17, 15) is 9.90 Å². The third-order valence-electron chi connectivity index (χ3n) is 2.61. The Morgan fingerprint density at radius 2 is 2.07 bits per heavy atom. The average Bonchev–Trinajstić information content (AvgIpc) is 2.18. The lowest BCUT2D eigenvalue weighted by Gasteiger charge is -2.26. The van der Waals surface area contributed by atoms with Crippen LogP contribution in [0.3, 0.4) is 0 Å². The molecule has 0 spiro atoms. The Balaban J connectivity index is 2.12. The Kier molecular flexibility index (Phi) is 5.18. The molecular weight excluding hydrogens is 192 g/mol. The number of carbonyl (C=O) groups is 1. The van der Waals surface area contributed by atoms with Crippen molar-refractivity contribution in [3.8, 4) is 0 Å². The van der Waals surface area contributed by atoms with Gasteiger partial charge < -0.3 is 20.1 Å². The summed E-state index contributed by atoms with van der Waals surface area (Å²) in [6.45, 7) is 5.87. The number of aliphatic carboxylic acids is 1. The van der Waals surface area contributed by atoms with Crippen LogP contribution in [0.2, 0.25) is 0 Å². The van der Waals surface area contributed by atoms with E-state index in [1.54, 1.807) is 6.92 Å². The number of hydrogen-bond acceptors (Lipinski definition) is 4. The van der Waals surface area contributed by atoms with Gasteiger partial charge in [0.25, 0.3) is 0 Å². The van der Waals surface area contributed by atoms with Crippen molar-refractivity contribution in [3.05, 3.63) is 11.8 Å². The smallest absolute Gasteiger partial charge is 0.0659 e. The number of piperidine rings is 1. The summed E-state index contributed by atoms with van der Waals surface area (Å²) in [5, 5.41) is 13.3. The van der Waals surface area contributed by atoms with E-state index in [1.165, 1.54) is 32.4 Å². The first-order valence-corrected chi connectivity index (χ1v) is 5.54. The first-order chi connectivity index (χ1) is 7.18. The van der Waals surface area contributed by atoms with E-state index >= 15 is 0 Å². The monoisotopic (exact) mass is 211 g/mol. The zero-order valence-electron chi connectivity index (χ0n) is 9.29. The highest BCUT2D eigenvalue weighted by Crippen LogP contribution is 2.07. The van der Waals surface area contributed by atoms with E-state index in [1.807, 2.05) is 0 Å². The minimum Gasteiger partial charge on any atom is -0.545 e. The molecule has 1 N–H and O–H groups in total. The van der Waals surface area contributed by atoms with Gasteiger partial charge in [-0.3, -0.25) is 0 Å². The number of likely N-dealkylation sites (tertiary alicyclic amines) is 1. The van der Waals surface area contributed by atoms with Gasteiger partial charge in [-0.15, -0.1) is 0 Å². The SMILES string of the molecule is C/C(=C/C(=O)[O-])NCCN1CCCCC1. The molecule has 1 saturated heterocycles.